The van der Waals surface area contributed by atoms with Crippen molar-refractivity contribution in [2.75, 3.05) is 18.4 Å². The zero-order valence-corrected chi connectivity index (χ0v) is 18.5. The van der Waals surface area contributed by atoms with Crippen LogP contribution in [-0.2, 0) is 4.79 Å². The van der Waals surface area contributed by atoms with Crippen molar-refractivity contribution < 1.29 is 9.59 Å². The first kappa shape index (κ1) is 20.2. The van der Waals surface area contributed by atoms with Gasteiger partial charge in [-0.25, -0.2) is 9.84 Å². The lowest BCUT2D eigenvalue weighted by Gasteiger charge is -2.19. The van der Waals surface area contributed by atoms with E-state index in [2.05, 4.69) is 39.0 Å². The summed E-state index contributed by atoms with van der Waals surface area (Å²) >= 11 is 6.11. The van der Waals surface area contributed by atoms with E-state index in [0.29, 0.717) is 17.8 Å². The Balaban J connectivity index is 1.34. The summed E-state index contributed by atoms with van der Waals surface area (Å²) in [6.45, 7) is 1.40. The van der Waals surface area contributed by atoms with Crippen molar-refractivity contribution in [2.45, 2.75) is 18.8 Å². The zero-order valence-electron chi connectivity index (χ0n) is 17.8. The Kier molecular flexibility index (Phi) is 4.81. The molecule has 1 saturated carbocycles. The summed E-state index contributed by atoms with van der Waals surface area (Å²) in [5, 5.41) is 7.95. The first-order chi connectivity index (χ1) is 16.1. The molecule has 2 amide bonds. The van der Waals surface area contributed by atoms with Crippen molar-refractivity contribution in [3.05, 3.63) is 70.9 Å². The third kappa shape index (κ3) is 3.63. The molecule has 0 radical (unpaired) electrons. The second-order valence-corrected chi connectivity index (χ2v) is 9.23. The molecular formula is C25H22ClN5O2. The smallest absolute Gasteiger partial charge is 0.272 e. The number of nitrogens with one attached hydrogen (secondary N) is 3. The fourth-order valence-electron chi connectivity index (χ4n) is 4.87. The maximum atomic E-state index is 12.9. The lowest BCUT2D eigenvalue weighted by Crippen LogP contribution is -2.19. The van der Waals surface area contributed by atoms with Gasteiger partial charge in [-0.2, -0.15) is 5.10 Å². The number of hydrogen-bond acceptors (Lipinski definition) is 4. The Hall–Kier alpha value is -3.42. The van der Waals surface area contributed by atoms with E-state index in [1.807, 2.05) is 24.3 Å². The quantitative estimate of drug-likeness (QED) is 0.510. The Labute approximate surface area is 195 Å². The van der Waals surface area contributed by atoms with Gasteiger partial charge in [-0.05, 0) is 53.8 Å². The van der Waals surface area contributed by atoms with Crippen LogP contribution in [0.15, 0.2) is 53.6 Å². The van der Waals surface area contributed by atoms with Crippen LogP contribution < -0.4 is 10.7 Å². The van der Waals surface area contributed by atoms with E-state index in [-0.39, 0.29) is 23.7 Å². The maximum absolute atomic E-state index is 12.9. The standard InChI is InChI=1S/C25H22ClN5O2/c26-31-8-6-15(7-9-31)23-20-13-27-30-25(33)19-10-16(11-21(29-23)22(19)20)28-24(32)18-12-17(18)14-4-2-1-3-5-14/h1-6,10-11,13,17-18,29H,7-9,12H2,(H,28,32)(H,30,33)/t17-,18+/m0/s1. The maximum Gasteiger partial charge on any atom is 0.272 e. The molecule has 2 aliphatic heterocycles. The number of anilines is 1. The molecule has 1 aromatic heterocycles. The normalized spacial score (nSPS) is 22.0. The van der Waals surface area contributed by atoms with Crippen molar-refractivity contribution >= 4 is 52.0 Å². The number of hydrogen-bond donors (Lipinski definition) is 3. The van der Waals surface area contributed by atoms with Crippen LogP contribution in [-0.4, -0.2) is 40.5 Å². The topological polar surface area (TPSA) is 89.6 Å². The van der Waals surface area contributed by atoms with E-state index >= 15 is 0 Å². The van der Waals surface area contributed by atoms with Crippen LogP contribution in [0.3, 0.4) is 0 Å². The highest BCUT2D eigenvalue weighted by molar-refractivity contribution is 6.17. The highest BCUT2D eigenvalue weighted by atomic mass is 35.5. The van der Waals surface area contributed by atoms with E-state index in [1.165, 1.54) is 5.56 Å². The molecule has 3 heterocycles. The van der Waals surface area contributed by atoms with Gasteiger partial charge < -0.3 is 10.3 Å². The number of halogens is 1. The Bertz CT molecular complexity index is 1340. The lowest BCUT2D eigenvalue weighted by molar-refractivity contribution is -0.117. The van der Waals surface area contributed by atoms with Crippen LogP contribution in [0.25, 0.3) is 16.5 Å². The van der Waals surface area contributed by atoms with Gasteiger partial charge in [0.1, 0.15) is 0 Å². The predicted molar refractivity (Wildman–Crippen MR) is 129 cm³/mol. The summed E-state index contributed by atoms with van der Waals surface area (Å²) in [5.41, 5.74) is 8.59. The average Bonchev–Trinajstić information content (AvgIpc) is 3.58. The minimum Gasteiger partial charge on any atom is -0.354 e. The van der Waals surface area contributed by atoms with Crippen LogP contribution in [0.1, 0.15) is 45.9 Å². The number of aromatic nitrogens is 1. The van der Waals surface area contributed by atoms with Crippen LogP contribution in [0.5, 0.6) is 0 Å². The van der Waals surface area contributed by atoms with Gasteiger partial charge >= 0.3 is 0 Å². The molecule has 0 bridgehead atoms. The number of H-pyrrole nitrogens is 1. The summed E-state index contributed by atoms with van der Waals surface area (Å²) in [5.74, 6) is -0.128. The molecule has 2 atom stereocenters. The Morgan fingerprint density at radius 1 is 1.21 bits per heavy atom. The second kappa shape index (κ2) is 7.86. The molecule has 33 heavy (non-hydrogen) atoms. The summed E-state index contributed by atoms with van der Waals surface area (Å²) in [4.78, 5) is 29.2. The number of rotatable bonds is 4. The molecule has 2 aromatic carbocycles. The van der Waals surface area contributed by atoms with Gasteiger partial charge in [-0.15, -0.1) is 0 Å². The zero-order chi connectivity index (χ0) is 22.5. The fraction of sp³-hybridized carbons (Fsp3) is 0.240. The Morgan fingerprint density at radius 3 is 2.85 bits per heavy atom. The van der Waals surface area contributed by atoms with Crippen molar-refractivity contribution in [3.63, 3.8) is 0 Å². The van der Waals surface area contributed by atoms with Gasteiger partial charge in [-0.1, -0.05) is 36.4 Å². The molecule has 0 unspecified atom stereocenters. The average molecular weight is 460 g/mol. The predicted octanol–water partition coefficient (Wildman–Crippen LogP) is 4.23. The van der Waals surface area contributed by atoms with Crippen molar-refractivity contribution in [1.29, 1.82) is 0 Å². The minimum atomic E-state index is -0.296. The van der Waals surface area contributed by atoms with E-state index < -0.39 is 0 Å². The van der Waals surface area contributed by atoms with E-state index in [4.69, 9.17) is 11.8 Å². The largest absolute Gasteiger partial charge is 0.354 e. The van der Waals surface area contributed by atoms with Crippen LogP contribution in [0.2, 0.25) is 0 Å². The van der Waals surface area contributed by atoms with Crippen LogP contribution >= 0.6 is 11.8 Å². The molecule has 0 saturated heterocycles. The van der Waals surface area contributed by atoms with Crippen LogP contribution in [0.4, 0.5) is 5.69 Å². The van der Waals surface area contributed by atoms with E-state index in [9.17, 15) is 9.59 Å². The van der Waals surface area contributed by atoms with Crippen molar-refractivity contribution in [1.82, 2.24) is 14.8 Å². The molecule has 3 N–H and O–H groups in total. The number of amides is 2. The highest BCUT2D eigenvalue weighted by Crippen LogP contribution is 2.48. The van der Waals surface area contributed by atoms with Gasteiger partial charge in [0.05, 0.1) is 17.5 Å². The molecule has 3 aromatic rings. The summed E-state index contributed by atoms with van der Waals surface area (Å²) in [6, 6.07) is 13.7. The van der Waals surface area contributed by atoms with Gasteiger partial charge in [-0.3, -0.25) is 9.59 Å². The molecule has 3 aliphatic rings. The summed E-state index contributed by atoms with van der Waals surface area (Å²) < 4.78 is 1.74. The number of hydrazone groups is 1. The molecule has 8 heteroatoms. The minimum absolute atomic E-state index is 0.0233. The molecule has 6 rings (SSSR count). The van der Waals surface area contributed by atoms with Gasteiger partial charge in [0.25, 0.3) is 5.91 Å². The van der Waals surface area contributed by atoms with E-state index in [1.54, 1.807) is 16.7 Å². The monoisotopic (exact) mass is 459 g/mol. The number of aromatic amines is 1. The Morgan fingerprint density at radius 2 is 2.06 bits per heavy atom. The first-order valence-electron chi connectivity index (χ1n) is 11.1. The van der Waals surface area contributed by atoms with Gasteiger partial charge in [0, 0.05) is 41.2 Å². The third-order valence-electron chi connectivity index (χ3n) is 6.64. The number of carbonyl (C=O) groups is 2. The second-order valence-electron chi connectivity index (χ2n) is 8.76. The van der Waals surface area contributed by atoms with Crippen LogP contribution in [0, 0.1) is 5.92 Å². The summed E-state index contributed by atoms with van der Waals surface area (Å²) in [7, 11) is 0. The van der Waals surface area contributed by atoms with Crippen molar-refractivity contribution in [3.8, 4) is 0 Å². The molecule has 7 nitrogen and oxygen atoms in total. The number of benzene rings is 2. The third-order valence-corrected chi connectivity index (χ3v) is 6.95. The molecular weight excluding hydrogens is 438 g/mol. The summed E-state index contributed by atoms with van der Waals surface area (Å²) in [6.07, 6.45) is 5.40. The molecule has 1 fully saturated rings. The molecule has 1 aliphatic carbocycles. The fourth-order valence-corrected chi connectivity index (χ4v) is 5.02. The first-order valence-corrected chi connectivity index (χ1v) is 11.4. The molecule has 0 spiro atoms. The van der Waals surface area contributed by atoms with Gasteiger partial charge in [0.15, 0.2) is 0 Å². The van der Waals surface area contributed by atoms with Gasteiger partial charge in [0.2, 0.25) is 5.91 Å². The SMILES string of the molecule is O=C1NN=Cc2c(C3=CCN(Cl)CC3)[nH]c3cc(NC(=O)[C@@H]4C[C@H]4c4ccccc4)cc1c23. The highest BCUT2D eigenvalue weighted by Gasteiger charge is 2.43. The van der Waals surface area contributed by atoms with E-state index in [0.717, 1.165) is 47.1 Å². The number of carbonyl (C=O) groups excluding carboxylic acids is 2. The molecule has 166 valence electrons. The van der Waals surface area contributed by atoms with Crippen molar-refractivity contribution in [2.24, 2.45) is 11.0 Å². The lowest BCUT2D eigenvalue weighted by atomic mass is 9.99. The number of nitrogens with zero attached hydrogens (tertiary/aromatic N) is 2.